The Kier molecular flexibility index (Phi) is 2.55. The molecule has 0 spiro atoms. The van der Waals surface area contributed by atoms with E-state index in [1.807, 2.05) is 18.5 Å². The lowest BCUT2D eigenvalue weighted by molar-refractivity contribution is 0.0435. The third-order valence-corrected chi connectivity index (χ3v) is 4.34. The van der Waals surface area contributed by atoms with E-state index in [4.69, 9.17) is 5.73 Å². The summed E-state index contributed by atoms with van der Waals surface area (Å²) in [7, 11) is 4.35. The van der Waals surface area contributed by atoms with Crippen molar-refractivity contribution in [3.05, 3.63) is 24.5 Å². The Bertz CT molecular complexity index is 566. The number of aromatic nitrogens is 2. The predicted octanol–water partition coefficient (Wildman–Crippen LogP) is 2.10. The number of nitrogen functional groups attached to an aromatic ring is 1. The second-order valence-electron chi connectivity index (χ2n) is 5.59. The summed E-state index contributed by atoms with van der Waals surface area (Å²) >= 11 is 0. The summed E-state index contributed by atoms with van der Waals surface area (Å²) in [6, 6.07) is 5.96. The third kappa shape index (κ3) is 1.68. The number of anilines is 1. The minimum Gasteiger partial charge on any atom is -0.399 e. The highest BCUT2D eigenvalue weighted by Gasteiger charge is 2.39. The first-order valence-corrected chi connectivity index (χ1v) is 6.49. The predicted molar refractivity (Wildman–Crippen MR) is 74.4 cm³/mol. The Morgan fingerprint density at radius 2 is 2.17 bits per heavy atom. The van der Waals surface area contributed by atoms with Crippen LogP contribution in [0.5, 0.6) is 0 Å². The van der Waals surface area contributed by atoms with Gasteiger partial charge in [0.15, 0.2) is 0 Å². The number of likely N-dealkylation sites (N-methyl/N-ethyl adjacent to an activating group) is 1. The fourth-order valence-electron chi connectivity index (χ4n) is 2.86. The van der Waals surface area contributed by atoms with E-state index in [9.17, 15) is 0 Å². The molecule has 0 radical (unpaired) electrons. The maximum Gasteiger partial charge on any atom is 0.0958 e. The largest absolute Gasteiger partial charge is 0.399 e. The van der Waals surface area contributed by atoms with Crippen molar-refractivity contribution < 1.29 is 0 Å². The highest BCUT2D eigenvalue weighted by Crippen LogP contribution is 2.38. The Hall–Kier alpha value is -1.55. The first kappa shape index (κ1) is 11.5. The number of nitrogens with zero attached hydrogens (tertiary/aromatic N) is 3. The lowest BCUT2D eigenvalue weighted by Gasteiger charge is -2.47. The van der Waals surface area contributed by atoms with Crippen LogP contribution in [-0.2, 0) is 6.54 Å². The van der Waals surface area contributed by atoms with Gasteiger partial charge in [0.2, 0.25) is 0 Å². The summed E-state index contributed by atoms with van der Waals surface area (Å²) in [5.41, 5.74) is 9.05. The summed E-state index contributed by atoms with van der Waals surface area (Å²) in [4.78, 5) is 6.81. The van der Waals surface area contributed by atoms with Crippen molar-refractivity contribution in [3.8, 4) is 0 Å². The summed E-state index contributed by atoms with van der Waals surface area (Å²) in [6.45, 7) is 1.01. The average Bonchev–Trinajstić information content (AvgIpc) is 2.65. The number of fused-ring (bicyclic) bond motifs is 1. The smallest absolute Gasteiger partial charge is 0.0958 e. The molecule has 1 aromatic heterocycles. The first-order valence-electron chi connectivity index (χ1n) is 6.49. The van der Waals surface area contributed by atoms with E-state index in [0.29, 0.717) is 5.54 Å². The van der Waals surface area contributed by atoms with E-state index >= 15 is 0 Å². The minimum absolute atomic E-state index is 0.315. The van der Waals surface area contributed by atoms with Crippen molar-refractivity contribution in [2.24, 2.45) is 0 Å². The van der Waals surface area contributed by atoms with Gasteiger partial charge in [-0.3, -0.25) is 0 Å². The second-order valence-corrected chi connectivity index (χ2v) is 5.59. The zero-order valence-corrected chi connectivity index (χ0v) is 11.1. The third-order valence-electron chi connectivity index (χ3n) is 4.34. The quantitative estimate of drug-likeness (QED) is 0.841. The van der Waals surface area contributed by atoms with Gasteiger partial charge in [-0.15, -0.1) is 0 Å². The Labute approximate surface area is 107 Å². The van der Waals surface area contributed by atoms with Gasteiger partial charge < -0.3 is 15.2 Å². The van der Waals surface area contributed by atoms with Gasteiger partial charge in [-0.2, -0.15) is 0 Å². The first-order chi connectivity index (χ1) is 8.61. The van der Waals surface area contributed by atoms with Gasteiger partial charge in [0, 0.05) is 17.8 Å². The molecular weight excluding hydrogens is 224 g/mol. The maximum atomic E-state index is 5.79. The van der Waals surface area contributed by atoms with Crippen molar-refractivity contribution in [2.75, 3.05) is 19.8 Å². The topological polar surface area (TPSA) is 47.1 Å². The van der Waals surface area contributed by atoms with Gasteiger partial charge in [-0.25, -0.2) is 4.98 Å². The van der Waals surface area contributed by atoms with Crippen LogP contribution in [0.15, 0.2) is 24.5 Å². The zero-order chi connectivity index (χ0) is 12.8. The standard InChI is InChI=1S/C14H20N4/c1-17(2)14(6-3-7-14)9-18-10-16-12-8-11(15)4-5-13(12)18/h4-5,8,10H,3,6-7,9,15H2,1-2H3. The van der Waals surface area contributed by atoms with E-state index < -0.39 is 0 Å². The van der Waals surface area contributed by atoms with E-state index in [0.717, 1.165) is 17.7 Å². The number of benzene rings is 1. The van der Waals surface area contributed by atoms with Crippen LogP contribution in [0, 0.1) is 0 Å². The number of rotatable bonds is 3. The van der Waals surface area contributed by atoms with Crippen LogP contribution in [-0.4, -0.2) is 34.1 Å². The van der Waals surface area contributed by atoms with Gasteiger partial charge in [-0.05, 0) is 51.6 Å². The van der Waals surface area contributed by atoms with E-state index in [1.165, 1.54) is 24.8 Å². The molecule has 18 heavy (non-hydrogen) atoms. The average molecular weight is 244 g/mol. The van der Waals surface area contributed by atoms with Crippen LogP contribution in [0.2, 0.25) is 0 Å². The molecule has 4 nitrogen and oxygen atoms in total. The molecule has 2 aromatic rings. The SMILES string of the molecule is CN(C)C1(Cn2cnc3cc(N)ccc32)CCC1. The summed E-state index contributed by atoms with van der Waals surface area (Å²) < 4.78 is 2.26. The molecule has 0 unspecified atom stereocenters. The van der Waals surface area contributed by atoms with Crippen LogP contribution in [0.3, 0.4) is 0 Å². The number of hydrogen-bond acceptors (Lipinski definition) is 3. The highest BCUT2D eigenvalue weighted by atomic mass is 15.2. The van der Waals surface area contributed by atoms with Crippen LogP contribution in [0.25, 0.3) is 11.0 Å². The lowest BCUT2D eigenvalue weighted by atomic mass is 9.75. The molecule has 4 heteroatoms. The van der Waals surface area contributed by atoms with Crippen molar-refractivity contribution in [2.45, 2.75) is 31.3 Å². The molecule has 3 rings (SSSR count). The van der Waals surface area contributed by atoms with Crippen molar-refractivity contribution in [3.63, 3.8) is 0 Å². The normalized spacial score (nSPS) is 18.2. The molecule has 2 N–H and O–H groups in total. The molecule has 1 heterocycles. The van der Waals surface area contributed by atoms with Gasteiger partial charge in [0.25, 0.3) is 0 Å². The molecule has 0 atom stereocenters. The molecule has 0 bridgehead atoms. The van der Waals surface area contributed by atoms with Crippen LogP contribution in [0.4, 0.5) is 5.69 Å². The van der Waals surface area contributed by atoms with Gasteiger partial charge in [0.05, 0.1) is 17.4 Å². The summed E-state index contributed by atoms with van der Waals surface area (Å²) in [6.07, 6.45) is 5.81. The second kappa shape index (κ2) is 3.99. The highest BCUT2D eigenvalue weighted by molar-refractivity contribution is 5.78. The van der Waals surface area contributed by atoms with Gasteiger partial charge >= 0.3 is 0 Å². The summed E-state index contributed by atoms with van der Waals surface area (Å²) in [5.74, 6) is 0. The molecule has 1 aromatic carbocycles. The van der Waals surface area contributed by atoms with Crippen molar-refractivity contribution in [1.82, 2.24) is 14.5 Å². The van der Waals surface area contributed by atoms with E-state index in [1.54, 1.807) is 0 Å². The van der Waals surface area contributed by atoms with E-state index in [-0.39, 0.29) is 0 Å². The Morgan fingerprint density at radius 1 is 1.39 bits per heavy atom. The van der Waals surface area contributed by atoms with Crippen molar-refractivity contribution >= 4 is 16.7 Å². The number of imidazole rings is 1. The summed E-state index contributed by atoms with van der Waals surface area (Å²) in [5, 5.41) is 0. The van der Waals surface area contributed by atoms with Crippen LogP contribution in [0.1, 0.15) is 19.3 Å². The number of nitrogens with two attached hydrogens (primary N) is 1. The van der Waals surface area contributed by atoms with Crippen LogP contribution >= 0.6 is 0 Å². The minimum atomic E-state index is 0.315. The molecule has 1 fully saturated rings. The molecular formula is C14H20N4. The Balaban J connectivity index is 1.95. The maximum absolute atomic E-state index is 5.79. The molecule has 96 valence electrons. The van der Waals surface area contributed by atoms with Gasteiger partial charge in [-0.1, -0.05) is 0 Å². The molecule has 1 saturated carbocycles. The van der Waals surface area contributed by atoms with Crippen molar-refractivity contribution in [1.29, 1.82) is 0 Å². The number of hydrogen-bond donors (Lipinski definition) is 1. The van der Waals surface area contributed by atoms with Crippen LogP contribution < -0.4 is 5.73 Å². The zero-order valence-electron chi connectivity index (χ0n) is 11.1. The molecule has 0 amide bonds. The molecule has 0 saturated heterocycles. The molecule has 1 aliphatic rings. The molecule has 1 aliphatic carbocycles. The fourth-order valence-corrected chi connectivity index (χ4v) is 2.86. The molecule has 0 aliphatic heterocycles. The van der Waals surface area contributed by atoms with E-state index in [2.05, 4.69) is 34.6 Å². The Morgan fingerprint density at radius 3 is 2.78 bits per heavy atom. The monoisotopic (exact) mass is 244 g/mol. The lowest BCUT2D eigenvalue weighted by Crippen LogP contribution is -2.52. The fraction of sp³-hybridized carbons (Fsp3) is 0.500. The van der Waals surface area contributed by atoms with Gasteiger partial charge in [0.1, 0.15) is 0 Å².